The molecule has 0 aliphatic heterocycles. The number of hydrogen-bond acceptors (Lipinski definition) is 0. The van der Waals surface area contributed by atoms with E-state index in [1.807, 2.05) is 24.3 Å². The van der Waals surface area contributed by atoms with Gasteiger partial charge in [0.25, 0.3) is 0 Å². The summed E-state index contributed by atoms with van der Waals surface area (Å²) in [5.41, 5.74) is 5.09. The van der Waals surface area contributed by atoms with Gasteiger partial charge in [-0.3, -0.25) is 0 Å². The van der Waals surface area contributed by atoms with E-state index in [-0.39, 0.29) is 47.2 Å². The Labute approximate surface area is 228 Å². The molecule has 4 aromatic rings. The average Bonchev–Trinajstić information content (AvgIpc) is 2.91. The van der Waals surface area contributed by atoms with E-state index in [9.17, 15) is 0 Å². The van der Waals surface area contributed by atoms with Crippen LogP contribution in [0.15, 0.2) is 121 Å². The normalized spacial score (nSPS) is 13.8. The van der Waals surface area contributed by atoms with Crippen LogP contribution in [0.3, 0.4) is 0 Å². The van der Waals surface area contributed by atoms with Gasteiger partial charge in [0.15, 0.2) is 0 Å². The molecule has 0 aromatic heterocycles. The first kappa shape index (κ1) is 28.8. The molecular formula is C32H36MgN2. The molecule has 176 valence electrons. The Morgan fingerprint density at radius 1 is 0.343 bits per heavy atom. The predicted molar refractivity (Wildman–Crippen MR) is 152 cm³/mol. The van der Waals surface area contributed by atoms with Crippen molar-refractivity contribution < 1.29 is 0 Å². The van der Waals surface area contributed by atoms with Crippen LogP contribution in [0.1, 0.15) is 74.1 Å². The van der Waals surface area contributed by atoms with Gasteiger partial charge in [-0.25, -0.2) is 0 Å². The van der Waals surface area contributed by atoms with Crippen LogP contribution >= 0.6 is 0 Å². The quantitative estimate of drug-likeness (QED) is 0.228. The Bertz CT molecular complexity index is 880. The first-order chi connectivity index (χ1) is 16.5. The number of hydrogen-bond donors (Lipinski definition) is 0. The monoisotopic (exact) mass is 472 g/mol. The predicted octanol–water partition coefficient (Wildman–Crippen LogP) is 9.38. The molecule has 0 saturated carbocycles. The van der Waals surface area contributed by atoms with E-state index in [2.05, 4.69) is 125 Å². The maximum absolute atomic E-state index is 4.82. The molecule has 3 heteroatoms. The Morgan fingerprint density at radius 2 is 0.514 bits per heavy atom. The van der Waals surface area contributed by atoms with Crippen LogP contribution in [-0.4, -0.2) is 23.1 Å². The van der Waals surface area contributed by atoms with Crippen molar-refractivity contribution in [2.75, 3.05) is 0 Å². The zero-order valence-corrected chi connectivity index (χ0v) is 22.9. The Balaban J connectivity index is 0.000000240. The van der Waals surface area contributed by atoms with E-state index in [0.29, 0.717) is 0 Å². The van der Waals surface area contributed by atoms with Gasteiger partial charge in [0, 0.05) is 0 Å². The third kappa shape index (κ3) is 9.62. The van der Waals surface area contributed by atoms with Crippen molar-refractivity contribution in [3.8, 4) is 0 Å². The third-order valence-corrected chi connectivity index (χ3v) is 6.02. The van der Waals surface area contributed by atoms with Gasteiger partial charge in [-0.1, -0.05) is 171 Å². The summed E-state index contributed by atoms with van der Waals surface area (Å²) in [6, 6.07) is 42.7. The van der Waals surface area contributed by atoms with Crippen molar-refractivity contribution in [1.29, 1.82) is 0 Å². The van der Waals surface area contributed by atoms with E-state index in [4.69, 9.17) is 10.6 Å². The molecule has 0 radical (unpaired) electrons. The molecule has 0 heterocycles. The van der Waals surface area contributed by atoms with E-state index < -0.39 is 0 Å². The van der Waals surface area contributed by atoms with Crippen LogP contribution in [0.2, 0.25) is 0 Å². The van der Waals surface area contributed by atoms with Crippen LogP contribution in [0, 0.1) is 0 Å². The van der Waals surface area contributed by atoms with Crippen molar-refractivity contribution in [2.24, 2.45) is 0 Å². The molecule has 4 aromatic carbocycles. The molecule has 0 unspecified atom stereocenters. The van der Waals surface area contributed by atoms with E-state index >= 15 is 0 Å². The molecule has 2 nitrogen and oxygen atoms in total. The van der Waals surface area contributed by atoms with Crippen LogP contribution in [-0.2, 0) is 0 Å². The fraction of sp³-hybridized carbons (Fsp3) is 0.250. The van der Waals surface area contributed by atoms with Crippen molar-refractivity contribution >= 4 is 23.1 Å². The Morgan fingerprint density at radius 3 is 0.686 bits per heavy atom. The molecule has 4 rings (SSSR count). The second kappa shape index (κ2) is 15.5. The molecule has 0 saturated heterocycles. The minimum Gasteiger partial charge on any atom is -0.650 e. The molecule has 4 atom stereocenters. The SMILES string of the molecule is C[C@@H]([N-][C@H](C)c1ccccc1)c1ccccc1.C[C@@H]([N-][C@H](C)c1ccccc1)c1ccccc1.[Mg+2]. The fourth-order valence-electron chi connectivity index (χ4n) is 3.94. The summed E-state index contributed by atoms with van der Waals surface area (Å²) in [5.74, 6) is 0. The molecule has 0 aliphatic rings. The topological polar surface area (TPSA) is 28.2 Å². The molecule has 0 spiro atoms. The average molecular weight is 473 g/mol. The van der Waals surface area contributed by atoms with Crippen molar-refractivity contribution in [1.82, 2.24) is 0 Å². The van der Waals surface area contributed by atoms with Gasteiger partial charge < -0.3 is 10.6 Å². The molecule has 0 amide bonds. The zero-order valence-electron chi connectivity index (χ0n) is 21.5. The van der Waals surface area contributed by atoms with Gasteiger partial charge in [0.2, 0.25) is 0 Å². The van der Waals surface area contributed by atoms with Crippen molar-refractivity contribution in [3.63, 3.8) is 0 Å². The van der Waals surface area contributed by atoms with Crippen LogP contribution in [0.4, 0.5) is 0 Å². The number of rotatable bonds is 8. The van der Waals surface area contributed by atoms with Crippen LogP contribution in [0.5, 0.6) is 0 Å². The van der Waals surface area contributed by atoms with Gasteiger partial charge >= 0.3 is 23.1 Å². The maximum Gasteiger partial charge on any atom is 2.00 e. The standard InChI is InChI=1S/2C16H18N.Mg/c2*1-13(15-9-5-3-6-10-15)17-14(2)16-11-7-4-8-12-16;/h2*3-14H,1-2H3;/q2*-1;+2/t2*13-,14-;/m11./s1. The Kier molecular flexibility index (Phi) is 12.8. The second-order valence-corrected chi connectivity index (χ2v) is 8.64. The minimum absolute atomic E-state index is 0. The first-order valence-corrected chi connectivity index (χ1v) is 12.1. The van der Waals surface area contributed by atoms with E-state index in [0.717, 1.165) is 0 Å². The number of benzene rings is 4. The van der Waals surface area contributed by atoms with Crippen molar-refractivity contribution in [2.45, 2.75) is 51.9 Å². The molecule has 0 aliphatic carbocycles. The van der Waals surface area contributed by atoms with Crippen LogP contribution in [0.25, 0.3) is 10.6 Å². The molecule has 0 N–H and O–H groups in total. The summed E-state index contributed by atoms with van der Waals surface area (Å²) in [4.78, 5) is 0. The van der Waals surface area contributed by atoms with Gasteiger partial charge in [0.1, 0.15) is 0 Å². The van der Waals surface area contributed by atoms with Gasteiger partial charge in [-0.05, 0) is 0 Å². The molecule has 0 bridgehead atoms. The minimum atomic E-state index is 0. The fourth-order valence-corrected chi connectivity index (χ4v) is 3.94. The maximum atomic E-state index is 4.82. The third-order valence-electron chi connectivity index (χ3n) is 6.02. The largest absolute Gasteiger partial charge is 2.00 e. The summed E-state index contributed by atoms with van der Waals surface area (Å²) < 4.78 is 0. The van der Waals surface area contributed by atoms with Crippen LogP contribution < -0.4 is 0 Å². The summed E-state index contributed by atoms with van der Waals surface area (Å²) in [6.45, 7) is 8.59. The molecule has 0 fully saturated rings. The van der Waals surface area contributed by atoms with Gasteiger partial charge in [0.05, 0.1) is 0 Å². The first-order valence-electron chi connectivity index (χ1n) is 12.1. The van der Waals surface area contributed by atoms with E-state index in [1.54, 1.807) is 0 Å². The summed E-state index contributed by atoms with van der Waals surface area (Å²) in [6.07, 6.45) is 0. The summed E-state index contributed by atoms with van der Waals surface area (Å²) in [5, 5.41) is 9.63. The van der Waals surface area contributed by atoms with Gasteiger partial charge in [-0.15, -0.1) is 24.2 Å². The van der Waals surface area contributed by atoms with E-state index in [1.165, 1.54) is 22.3 Å². The second-order valence-electron chi connectivity index (χ2n) is 8.64. The summed E-state index contributed by atoms with van der Waals surface area (Å²) >= 11 is 0. The zero-order chi connectivity index (χ0) is 24.2. The molecular weight excluding hydrogens is 437 g/mol. The molecule has 35 heavy (non-hydrogen) atoms. The van der Waals surface area contributed by atoms with Gasteiger partial charge in [-0.2, -0.15) is 0 Å². The summed E-state index contributed by atoms with van der Waals surface area (Å²) in [7, 11) is 0. The van der Waals surface area contributed by atoms with Crippen molar-refractivity contribution in [3.05, 3.63) is 154 Å². The Hall–Kier alpha value is -2.43. The smallest absolute Gasteiger partial charge is 0.650 e. The number of nitrogens with zero attached hydrogens (tertiary/aromatic N) is 2.